The third kappa shape index (κ3) is 6.83. The molecule has 5 atom stereocenters. The van der Waals surface area contributed by atoms with Gasteiger partial charge in [-0.1, -0.05) is 29.8 Å². The molecule has 0 aromatic heterocycles. The molecule has 0 saturated heterocycles. The number of nitrogens with one attached hydrogen (secondary N) is 2. The Morgan fingerprint density at radius 2 is 1.96 bits per heavy atom. The molecule has 2 N–H and O–H groups in total. The number of fused-ring (bicyclic) bond motifs is 4. The molecule has 2 saturated carbocycles. The average Bonchev–Trinajstić information content (AvgIpc) is 3.18. The predicted octanol–water partition coefficient (Wildman–Crippen LogP) is 6.34. The molecule has 7 rings (SSSR count). The van der Waals surface area contributed by atoms with E-state index in [2.05, 4.69) is 31.4 Å². The van der Waals surface area contributed by atoms with Gasteiger partial charge in [0.15, 0.2) is 9.92 Å². The first-order valence-corrected chi connectivity index (χ1v) is 19.4. The van der Waals surface area contributed by atoms with E-state index in [1.54, 1.807) is 39.2 Å². The summed E-state index contributed by atoms with van der Waals surface area (Å²) in [7, 11) is -2.05. The molecule has 49 heavy (non-hydrogen) atoms. The van der Waals surface area contributed by atoms with Crippen LogP contribution in [0.2, 0.25) is 5.02 Å². The van der Waals surface area contributed by atoms with Crippen molar-refractivity contribution in [3.63, 3.8) is 0 Å². The van der Waals surface area contributed by atoms with E-state index in [9.17, 15) is 13.8 Å². The van der Waals surface area contributed by atoms with Crippen molar-refractivity contribution >= 4 is 39.1 Å². The number of nitrogens with zero attached hydrogens (tertiary/aromatic N) is 2. The van der Waals surface area contributed by atoms with Crippen LogP contribution in [0.25, 0.3) is 0 Å². The van der Waals surface area contributed by atoms with Gasteiger partial charge in [0.05, 0.1) is 29.9 Å². The lowest BCUT2D eigenvalue weighted by atomic mass is 9.68. The Morgan fingerprint density at radius 3 is 2.69 bits per heavy atom. The monoisotopic (exact) mass is 710 g/mol. The van der Waals surface area contributed by atoms with Crippen LogP contribution in [0.4, 0.5) is 10.5 Å². The molecule has 12 heteroatoms. The fraction of sp³-hybridized carbons (Fsp3) is 0.568. The minimum atomic E-state index is -3.79. The maximum Gasteiger partial charge on any atom is 0.327 e. The van der Waals surface area contributed by atoms with E-state index in [1.807, 2.05) is 18.2 Å². The molecule has 1 spiro atoms. The molecule has 2 aliphatic heterocycles. The van der Waals surface area contributed by atoms with Gasteiger partial charge in [0.25, 0.3) is 5.91 Å². The third-order valence-electron chi connectivity index (χ3n) is 11.2. The van der Waals surface area contributed by atoms with Crippen molar-refractivity contribution in [1.82, 2.24) is 10.0 Å². The minimum absolute atomic E-state index is 0.00295. The molecule has 0 radical (unpaired) electrons. The molecule has 2 bridgehead atoms. The van der Waals surface area contributed by atoms with Crippen LogP contribution in [0, 0.1) is 11.8 Å². The zero-order valence-electron chi connectivity index (χ0n) is 28.5. The lowest BCUT2D eigenvalue weighted by Crippen LogP contribution is -2.49. The Balaban J connectivity index is 1.35. The van der Waals surface area contributed by atoms with Crippen molar-refractivity contribution in [3.05, 3.63) is 64.7 Å². The zero-order valence-corrected chi connectivity index (χ0v) is 30.1. The summed E-state index contributed by atoms with van der Waals surface area (Å²) in [5, 5.41) is 3.62. The van der Waals surface area contributed by atoms with E-state index in [0.717, 1.165) is 68.6 Å². The first-order valence-electron chi connectivity index (χ1n) is 17.5. The van der Waals surface area contributed by atoms with Gasteiger partial charge in [0, 0.05) is 36.7 Å². The molecular formula is C37H47ClN4O6S. The lowest BCUT2D eigenvalue weighted by molar-refractivity contribution is -0.137. The SMILES string of the molecule is CO[C@H]1/C=C/COC(C)(C)C(=O)N=[S@](=O)(NC(=O)NC2CCC2)c2ccc3c(c2)N(C[C@@H]2CC[C@H]21)C[C@@]1(CCCc2cc(Cl)ccc21)CO3. The molecule has 5 aliphatic rings. The van der Waals surface area contributed by atoms with Crippen molar-refractivity contribution in [1.29, 1.82) is 0 Å². The van der Waals surface area contributed by atoms with Gasteiger partial charge in [0.1, 0.15) is 11.4 Å². The standard InChI is InChI=1S/C37H47ClN4O6S/c1-36(2)34(43)40-49(45,41-35(44)39-27-8-4-9-27)28-13-16-33-31(20-28)42(21-25-11-14-29(25)32(46-3)10-6-18-48-36)22-37(23-47-33)17-5-7-24-19-26(38)12-15-30(24)37/h6,10,12-13,15-16,19-20,25,27,29,32H,4-5,7-9,11,14,17-18,21-23H2,1-3H3,(H2,39,40,41,43,44,45)/b10-6+/t25-,29+,32-,37-,49-/m0/s1. The number of halogens is 1. The summed E-state index contributed by atoms with van der Waals surface area (Å²) in [6.07, 6.45) is 11.6. The number of hydrogen-bond donors (Lipinski definition) is 2. The average molecular weight is 711 g/mol. The number of anilines is 1. The van der Waals surface area contributed by atoms with E-state index >= 15 is 0 Å². The van der Waals surface area contributed by atoms with Crippen molar-refractivity contribution in [3.8, 4) is 5.75 Å². The van der Waals surface area contributed by atoms with Gasteiger partial charge in [-0.2, -0.15) is 0 Å². The fourth-order valence-electron chi connectivity index (χ4n) is 7.96. The van der Waals surface area contributed by atoms with Crippen LogP contribution in [-0.2, 0) is 36.0 Å². The van der Waals surface area contributed by atoms with Crippen LogP contribution in [-0.4, -0.2) is 67.3 Å². The molecule has 264 valence electrons. The van der Waals surface area contributed by atoms with Crippen LogP contribution in [0.15, 0.2) is 57.8 Å². The molecule has 2 heterocycles. The molecule has 2 aromatic carbocycles. The fourth-order valence-corrected chi connectivity index (χ4v) is 9.71. The number of amides is 3. The quantitative estimate of drug-likeness (QED) is 0.357. The first kappa shape index (κ1) is 34.3. The highest BCUT2D eigenvalue weighted by molar-refractivity contribution is 7.92. The number of carbonyl (C=O) groups is 2. The summed E-state index contributed by atoms with van der Waals surface area (Å²) >= 11 is 6.46. The molecule has 2 aromatic rings. The summed E-state index contributed by atoms with van der Waals surface area (Å²) in [6, 6.07) is 10.8. The Kier molecular flexibility index (Phi) is 9.49. The van der Waals surface area contributed by atoms with Crippen molar-refractivity contribution < 1.29 is 28.0 Å². The number of urea groups is 1. The Bertz CT molecular complexity index is 1770. The number of carbonyl (C=O) groups excluding carboxylic acids is 2. The van der Waals surface area contributed by atoms with Crippen LogP contribution in [0.5, 0.6) is 5.75 Å². The summed E-state index contributed by atoms with van der Waals surface area (Å²) < 4.78 is 40.4. The van der Waals surface area contributed by atoms with Gasteiger partial charge in [-0.05, 0) is 119 Å². The van der Waals surface area contributed by atoms with Gasteiger partial charge < -0.3 is 24.4 Å². The zero-order chi connectivity index (χ0) is 34.4. The molecule has 10 nitrogen and oxygen atoms in total. The van der Waals surface area contributed by atoms with E-state index in [0.29, 0.717) is 30.7 Å². The highest BCUT2D eigenvalue weighted by Gasteiger charge is 2.45. The molecule has 0 unspecified atom stereocenters. The highest BCUT2D eigenvalue weighted by Crippen LogP contribution is 2.47. The van der Waals surface area contributed by atoms with Crippen molar-refractivity contribution in [2.45, 2.75) is 93.3 Å². The topological polar surface area (TPSA) is 119 Å². The van der Waals surface area contributed by atoms with Gasteiger partial charge >= 0.3 is 6.03 Å². The van der Waals surface area contributed by atoms with Crippen LogP contribution >= 0.6 is 11.6 Å². The number of aryl methyl sites for hydroxylation is 1. The van der Waals surface area contributed by atoms with E-state index in [-0.39, 0.29) is 29.1 Å². The van der Waals surface area contributed by atoms with Gasteiger partial charge in [0.2, 0.25) is 0 Å². The summed E-state index contributed by atoms with van der Waals surface area (Å²) in [6.45, 7) is 5.24. The molecular weight excluding hydrogens is 664 g/mol. The maximum atomic E-state index is 14.9. The van der Waals surface area contributed by atoms with Crippen LogP contribution < -0.4 is 19.7 Å². The minimum Gasteiger partial charge on any atom is -0.490 e. The third-order valence-corrected chi connectivity index (χ3v) is 13.2. The molecule has 3 aliphatic carbocycles. The van der Waals surface area contributed by atoms with Gasteiger partial charge in [-0.15, -0.1) is 4.36 Å². The van der Waals surface area contributed by atoms with E-state index in [4.69, 9.17) is 25.8 Å². The van der Waals surface area contributed by atoms with Crippen LogP contribution in [0.3, 0.4) is 0 Å². The maximum absolute atomic E-state index is 14.9. The Morgan fingerprint density at radius 1 is 1.12 bits per heavy atom. The number of ether oxygens (including phenoxy) is 3. The smallest absolute Gasteiger partial charge is 0.327 e. The Labute approximate surface area is 294 Å². The van der Waals surface area contributed by atoms with Gasteiger partial charge in [-0.3, -0.25) is 4.79 Å². The second kappa shape index (κ2) is 13.5. The van der Waals surface area contributed by atoms with E-state index in [1.165, 1.54) is 11.1 Å². The lowest BCUT2D eigenvalue weighted by Gasteiger charge is -2.46. The number of hydrogen-bond acceptors (Lipinski definition) is 7. The number of methoxy groups -OCH3 is 1. The molecule has 2 fully saturated rings. The largest absolute Gasteiger partial charge is 0.490 e. The second-order valence-electron chi connectivity index (χ2n) is 14.8. The first-order chi connectivity index (χ1) is 23.5. The summed E-state index contributed by atoms with van der Waals surface area (Å²) in [4.78, 5) is 29.5. The second-order valence-corrected chi connectivity index (χ2v) is 17.2. The normalized spacial score (nSPS) is 31.8. The molecule has 3 amide bonds. The number of rotatable bonds is 3. The predicted molar refractivity (Wildman–Crippen MR) is 190 cm³/mol. The van der Waals surface area contributed by atoms with E-state index < -0.39 is 27.5 Å². The van der Waals surface area contributed by atoms with Crippen LogP contribution in [0.1, 0.15) is 69.9 Å². The number of benzene rings is 2. The summed E-state index contributed by atoms with van der Waals surface area (Å²) in [5.74, 6) is 0.562. The summed E-state index contributed by atoms with van der Waals surface area (Å²) in [5.41, 5.74) is 1.59. The highest BCUT2D eigenvalue weighted by atomic mass is 35.5. The van der Waals surface area contributed by atoms with Crippen molar-refractivity contribution in [2.75, 3.05) is 38.3 Å². The van der Waals surface area contributed by atoms with Crippen molar-refractivity contribution in [2.24, 2.45) is 16.2 Å². The van der Waals surface area contributed by atoms with Gasteiger partial charge in [-0.25, -0.2) is 13.7 Å². The Hall–Kier alpha value is -3.12.